The molecule has 1 N–H and O–H groups in total. The van der Waals surface area contributed by atoms with Gasteiger partial charge in [-0.05, 0) is 52.7 Å². The summed E-state index contributed by atoms with van der Waals surface area (Å²) in [5, 5.41) is 3.46. The molecular formula is C13H28N2O. The zero-order valence-corrected chi connectivity index (χ0v) is 11.2. The first-order valence-electron chi connectivity index (χ1n) is 6.76. The Hall–Kier alpha value is -0.120. The summed E-state index contributed by atoms with van der Waals surface area (Å²) >= 11 is 0. The van der Waals surface area contributed by atoms with Crippen LogP contribution in [0.4, 0.5) is 0 Å². The van der Waals surface area contributed by atoms with Crippen LogP contribution >= 0.6 is 0 Å². The predicted octanol–water partition coefficient (Wildman–Crippen LogP) is 1.88. The third kappa shape index (κ3) is 5.28. The second kappa shape index (κ2) is 8.04. The van der Waals surface area contributed by atoms with E-state index in [-0.39, 0.29) is 0 Å². The van der Waals surface area contributed by atoms with Crippen molar-refractivity contribution < 1.29 is 4.74 Å². The average molecular weight is 228 g/mol. The molecule has 2 unspecified atom stereocenters. The van der Waals surface area contributed by atoms with E-state index in [1.165, 1.54) is 25.7 Å². The number of nitrogens with one attached hydrogen (secondary N) is 1. The van der Waals surface area contributed by atoms with Crippen LogP contribution in [-0.4, -0.2) is 50.3 Å². The molecule has 0 spiro atoms. The molecule has 0 bridgehead atoms. The number of likely N-dealkylation sites (N-methyl/N-ethyl adjacent to an activating group) is 1. The molecular weight excluding hydrogens is 200 g/mol. The Morgan fingerprint density at radius 3 is 2.88 bits per heavy atom. The van der Waals surface area contributed by atoms with Gasteiger partial charge in [0.1, 0.15) is 0 Å². The predicted molar refractivity (Wildman–Crippen MR) is 68.8 cm³/mol. The first-order chi connectivity index (χ1) is 7.74. The first-order valence-corrected chi connectivity index (χ1v) is 6.76. The lowest BCUT2D eigenvalue weighted by Crippen LogP contribution is -2.37. The molecule has 0 radical (unpaired) electrons. The summed E-state index contributed by atoms with van der Waals surface area (Å²) in [7, 11) is 2.21. The summed E-state index contributed by atoms with van der Waals surface area (Å²) in [5.74, 6) is 0. The molecule has 16 heavy (non-hydrogen) atoms. The molecule has 1 rings (SSSR count). The Morgan fingerprint density at radius 1 is 1.44 bits per heavy atom. The Kier molecular flexibility index (Phi) is 7.01. The highest BCUT2D eigenvalue weighted by atomic mass is 16.5. The highest BCUT2D eigenvalue weighted by Gasteiger charge is 2.19. The summed E-state index contributed by atoms with van der Waals surface area (Å²) in [4.78, 5) is 2.43. The van der Waals surface area contributed by atoms with Crippen LogP contribution in [0, 0.1) is 0 Å². The van der Waals surface area contributed by atoms with Gasteiger partial charge in [0.25, 0.3) is 0 Å². The smallest absolute Gasteiger partial charge is 0.0702 e. The number of ether oxygens (including phenoxy) is 1. The summed E-state index contributed by atoms with van der Waals surface area (Å²) in [6, 6.07) is 0.647. The van der Waals surface area contributed by atoms with Gasteiger partial charge in [0, 0.05) is 19.2 Å². The highest BCUT2D eigenvalue weighted by molar-refractivity contribution is 4.72. The highest BCUT2D eigenvalue weighted by Crippen LogP contribution is 2.14. The Balaban J connectivity index is 2.06. The van der Waals surface area contributed by atoms with Crippen molar-refractivity contribution in [3.8, 4) is 0 Å². The van der Waals surface area contributed by atoms with Crippen LogP contribution in [0.2, 0.25) is 0 Å². The van der Waals surface area contributed by atoms with Gasteiger partial charge in [0.15, 0.2) is 0 Å². The lowest BCUT2D eigenvalue weighted by molar-refractivity contribution is 0.0692. The van der Waals surface area contributed by atoms with Crippen molar-refractivity contribution in [2.75, 3.05) is 33.3 Å². The second-order valence-electron chi connectivity index (χ2n) is 4.96. The van der Waals surface area contributed by atoms with E-state index in [1.807, 2.05) is 0 Å². The van der Waals surface area contributed by atoms with Gasteiger partial charge in [-0.25, -0.2) is 0 Å². The largest absolute Gasteiger partial charge is 0.377 e. The number of nitrogens with zero attached hydrogens (tertiary/aromatic N) is 1. The zero-order valence-electron chi connectivity index (χ0n) is 11.2. The molecule has 2 atom stereocenters. The van der Waals surface area contributed by atoms with Gasteiger partial charge in [0.2, 0.25) is 0 Å². The van der Waals surface area contributed by atoms with Crippen LogP contribution in [0.15, 0.2) is 0 Å². The molecule has 0 aromatic carbocycles. The van der Waals surface area contributed by atoms with Crippen LogP contribution < -0.4 is 5.32 Å². The lowest BCUT2D eigenvalue weighted by Gasteiger charge is -2.27. The normalized spacial score (nSPS) is 22.9. The summed E-state index contributed by atoms with van der Waals surface area (Å²) < 4.78 is 5.66. The van der Waals surface area contributed by atoms with Crippen molar-refractivity contribution in [3.63, 3.8) is 0 Å². The van der Waals surface area contributed by atoms with Gasteiger partial charge >= 0.3 is 0 Å². The van der Waals surface area contributed by atoms with Crippen LogP contribution in [0.25, 0.3) is 0 Å². The summed E-state index contributed by atoms with van der Waals surface area (Å²) in [6.07, 6.45) is 5.41. The molecule has 0 amide bonds. The monoisotopic (exact) mass is 228 g/mol. The van der Waals surface area contributed by atoms with E-state index in [9.17, 15) is 0 Å². The van der Waals surface area contributed by atoms with Crippen molar-refractivity contribution in [1.82, 2.24) is 10.2 Å². The SMILES string of the molecule is CCCNCCC(C)N(C)CC1CCCO1. The fraction of sp³-hybridized carbons (Fsp3) is 1.00. The van der Waals surface area contributed by atoms with Crippen LogP contribution in [0.3, 0.4) is 0 Å². The van der Waals surface area contributed by atoms with Crippen LogP contribution in [0.1, 0.15) is 39.5 Å². The maximum absolute atomic E-state index is 5.66. The van der Waals surface area contributed by atoms with Crippen molar-refractivity contribution in [2.45, 2.75) is 51.7 Å². The molecule has 3 nitrogen and oxygen atoms in total. The third-order valence-electron chi connectivity index (χ3n) is 3.43. The number of rotatable bonds is 8. The van der Waals surface area contributed by atoms with Crippen molar-refractivity contribution in [3.05, 3.63) is 0 Å². The van der Waals surface area contributed by atoms with Gasteiger partial charge in [-0.2, -0.15) is 0 Å². The van der Waals surface area contributed by atoms with E-state index in [2.05, 4.69) is 31.1 Å². The maximum Gasteiger partial charge on any atom is 0.0702 e. The van der Waals surface area contributed by atoms with Gasteiger partial charge in [-0.1, -0.05) is 6.92 Å². The van der Waals surface area contributed by atoms with E-state index >= 15 is 0 Å². The standard InChI is InChI=1S/C13H28N2O/c1-4-8-14-9-7-12(2)15(3)11-13-6-5-10-16-13/h12-14H,4-11H2,1-3H3. The van der Waals surface area contributed by atoms with E-state index in [0.717, 1.165) is 26.2 Å². The lowest BCUT2D eigenvalue weighted by atomic mass is 10.1. The van der Waals surface area contributed by atoms with E-state index in [0.29, 0.717) is 12.1 Å². The molecule has 1 heterocycles. The van der Waals surface area contributed by atoms with Gasteiger partial charge < -0.3 is 15.0 Å². The second-order valence-corrected chi connectivity index (χ2v) is 4.96. The minimum atomic E-state index is 0.482. The fourth-order valence-electron chi connectivity index (χ4n) is 2.12. The molecule has 1 aliphatic heterocycles. The molecule has 0 saturated carbocycles. The van der Waals surface area contributed by atoms with Crippen molar-refractivity contribution in [1.29, 1.82) is 0 Å². The minimum Gasteiger partial charge on any atom is -0.377 e. The van der Waals surface area contributed by atoms with E-state index < -0.39 is 0 Å². The molecule has 1 fully saturated rings. The summed E-state index contributed by atoms with van der Waals surface area (Å²) in [5.41, 5.74) is 0. The van der Waals surface area contributed by atoms with Gasteiger partial charge in [-0.3, -0.25) is 0 Å². The van der Waals surface area contributed by atoms with Crippen molar-refractivity contribution in [2.24, 2.45) is 0 Å². The van der Waals surface area contributed by atoms with Gasteiger partial charge in [-0.15, -0.1) is 0 Å². The topological polar surface area (TPSA) is 24.5 Å². The van der Waals surface area contributed by atoms with E-state index in [4.69, 9.17) is 4.74 Å². The molecule has 96 valence electrons. The number of hydrogen-bond donors (Lipinski definition) is 1. The Bertz CT molecular complexity index is 169. The summed E-state index contributed by atoms with van der Waals surface area (Å²) in [6.45, 7) is 8.84. The average Bonchev–Trinajstić information content (AvgIpc) is 2.76. The quantitative estimate of drug-likeness (QED) is 0.642. The molecule has 0 aliphatic carbocycles. The first kappa shape index (κ1) is 13.9. The van der Waals surface area contributed by atoms with Crippen LogP contribution in [0.5, 0.6) is 0 Å². The van der Waals surface area contributed by atoms with Crippen molar-refractivity contribution >= 4 is 0 Å². The minimum absolute atomic E-state index is 0.482. The third-order valence-corrected chi connectivity index (χ3v) is 3.43. The van der Waals surface area contributed by atoms with Crippen LogP contribution in [-0.2, 0) is 4.74 Å². The zero-order chi connectivity index (χ0) is 11.8. The maximum atomic E-state index is 5.66. The fourth-order valence-corrected chi connectivity index (χ4v) is 2.12. The molecule has 1 saturated heterocycles. The molecule has 1 aliphatic rings. The van der Waals surface area contributed by atoms with Gasteiger partial charge in [0.05, 0.1) is 6.10 Å². The molecule has 0 aromatic heterocycles. The molecule has 0 aromatic rings. The number of hydrogen-bond acceptors (Lipinski definition) is 3. The Labute approximate surface area is 101 Å². The van der Waals surface area contributed by atoms with E-state index in [1.54, 1.807) is 0 Å². The molecule has 3 heteroatoms. The Morgan fingerprint density at radius 2 is 2.25 bits per heavy atom.